The number of carbonyl (C=O) groups excluding carboxylic acids is 3. The van der Waals surface area contributed by atoms with Crippen molar-refractivity contribution in [2.75, 3.05) is 13.1 Å². The maximum Gasteiger partial charge on any atom is 0.310 e. The van der Waals surface area contributed by atoms with E-state index in [2.05, 4.69) is 19.2 Å². The van der Waals surface area contributed by atoms with Crippen molar-refractivity contribution in [2.24, 2.45) is 23.2 Å². The minimum atomic E-state index is -0.198. The molecule has 0 radical (unpaired) electrons. The van der Waals surface area contributed by atoms with Gasteiger partial charge in [0.1, 0.15) is 0 Å². The lowest BCUT2D eigenvalue weighted by Gasteiger charge is -2.60. The highest BCUT2D eigenvalue weighted by Gasteiger charge is 2.58. The molecule has 168 valence electrons. The molecule has 1 saturated heterocycles. The molecule has 0 aromatic heterocycles. The van der Waals surface area contributed by atoms with E-state index in [0.29, 0.717) is 23.6 Å². The number of hydrogen-bond donors (Lipinski definition) is 1. The number of fused-ring (bicyclic) bond motifs is 1. The predicted octanol–water partition coefficient (Wildman–Crippen LogP) is 4.00. The first-order valence-corrected chi connectivity index (χ1v) is 11.8. The summed E-state index contributed by atoms with van der Waals surface area (Å²) in [4.78, 5) is 39.1. The van der Waals surface area contributed by atoms with Gasteiger partial charge in [0.2, 0.25) is 0 Å². The van der Waals surface area contributed by atoms with Gasteiger partial charge >= 0.3 is 5.97 Å². The molecule has 2 amide bonds. The van der Waals surface area contributed by atoms with Gasteiger partial charge in [-0.3, -0.25) is 24.6 Å². The number of amides is 2. The van der Waals surface area contributed by atoms with Crippen molar-refractivity contribution in [3.8, 4) is 0 Å². The van der Waals surface area contributed by atoms with Gasteiger partial charge in [0, 0.05) is 18.5 Å². The molecule has 6 heteroatoms. The number of unbranched alkanes of at least 4 members (excludes halogenated alkanes) is 2. The molecular weight excluding hydrogens is 392 g/mol. The van der Waals surface area contributed by atoms with E-state index >= 15 is 0 Å². The van der Waals surface area contributed by atoms with Crippen LogP contribution in [0.25, 0.3) is 0 Å². The average Bonchev–Trinajstić information content (AvgIpc) is 2.95. The van der Waals surface area contributed by atoms with Crippen LogP contribution < -0.4 is 5.32 Å². The monoisotopic (exact) mass is 426 g/mol. The number of carbonyl (C=O) groups is 3. The van der Waals surface area contributed by atoms with E-state index in [4.69, 9.17) is 4.74 Å². The molecule has 1 spiro atoms. The van der Waals surface area contributed by atoms with Crippen LogP contribution in [-0.2, 0) is 9.53 Å². The van der Waals surface area contributed by atoms with E-state index in [0.717, 1.165) is 45.1 Å². The lowest BCUT2D eigenvalue weighted by Crippen LogP contribution is -2.70. The van der Waals surface area contributed by atoms with Crippen LogP contribution in [-0.4, -0.2) is 42.0 Å². The van der Waals surface area contributed by atoms with E-state index in [-0.39, 0.29) is 41.3 Å². The zero-order chi connectivity index (χ0) is 22.2. The zero-order valence-corrected chi connectivity index (χ0v) is 18.9. The summed E-state index contributed by atoms with van der Waals surface area (Å²) in [5, 5.41) is 3.29. The van der Waals surface area contributed by atoms with Crippen LogP contribution >= 0.6 is 0 Å². The van der Waals surface area contributed by atoms with E-state index in [1.165, 1.54) is 4.90 Å². The van der Waals surface area contributed by atoms with Crippen LogP contribution in [0.4, 0.5) is 0 Å². The fourth-order valence-electron chi connectivity index (χ4n) is 5.28. The van der Waals surface area contributed by atoms with Crippen LogP contribution in [0, 0.1) is 23.2 Å². The third-order valence-corrected chi connectivity index (χ3v) is 7.56. The SMILES string of the molecule is CCCCCC(C)C(=O)OC1NCC12CC([C@H](C)CN1C(=O)c3ccccc3C1=O)C2. The van der Waals surface area contributed by atoms with Gasteiger partial charge in [-0.05, 0) is 43.2 Å². The van der Waals surface area contributed by atoms with Crippen LogP contribution in [0.3, 0.4) is 0 Å². The second-order valence-corrected chi connectivity index (χ2v) is 9.87. The fourth-order valence-corrected chi connectivity index (χ4v) is 5.28. The number of ether oxygens (including phenoxy) is 1. The molecule has 6 nitrogen and oxygen atoms in total. The van der Waals surface area contributed by atoms with Crippen molar-refractivity contribution < 1.29 is 19.1 Å². The van der Waals surface area contributed by atoms with E-state index in [9.17, 15) is 14.4 Å². The van der Waals surface area contributed by atoms with Gasteiger partial charge in [0.05, 0.1) is 17.0 Å². The third kappa shape index (κ3) is 4.02. The molecule has 4 rings (SSSR count). The Labute approximate surface area is 184 Å². The van der Waals surface area contributed by atoms with Gasteiger partial charge in [-0.1, -0.05) is 52.2 Å². The Bertz CT molecular complexity index is 826. The van der Waals surface area contributed by atoms with Crippen LogP contribution in [0.15, 0.2) is 24.3 Å². The van der Waals surface area contributed by atoms with Crippen molar-refractivity contribution in [2.45, 2.75) is 65.5 Å². The van der Waals surface area contributed by atoms with Crippen molar-refractivity contribution >= 4 is 17.8 Å². The lowest BCUT2D eigenvalue weighted by atomic mass is 9.54. The van der Waals surface area contributed by atoms with Gasteiger partial charge in [-0.25, -0.2) is 0 Å². The normalized spacial score (nSPS) is 28.7. The Kier molecular flexibility index (Phi) is 6.20. The van der Waals surface area contributed by atoms with Gasteiger partial charge in [0.25, 0.3) is 11.8 Å². The summed E-state index contributed by atoms with van der Waals surface area (Å²) in [7, 11) is 0. The van der Waals surface area contributed by atoms with E-state index in [1.807, 2.05) is 6.92 Å². The number of benzene rings is 1. The summed E-state index contributed by atoms with van der Waals surface area (Å²) >= 11 is 0. The summed E-state index contributed by atoms with van der Waals surface area (Å²) < 4.78 is 5.81. The minimum absolute atomic E-state index is 0.0275. The first kappa shape index (κ1) is 22.0. The number of esters is 1. The maximum absolute atomic E-state index is 12.6. The largest absolute Gasteiger partial charge is 0.446 e. The van der Waals surface area contributed by atoms with Crippen molar-refractivity contribution in [1.29, 1.82) is 0 Å². The first-order valence-electron chi connectivity index (χ1n) is 11.8. The Hall–Kier alpha value is -2.21. The number of nitrogens with one attached hydrogen (secondary N) is 1. The minimum Gasteiger partial charge on any atom is -0.446 e. The number of imide groups is 1. The third-order valence-electron chi connectivity index (χ3n) is 7.56. The lowest BCUT2D eigenvalue weighted by molar-refractivity contribution is -0.201. The quantitative estimate of drug-likeness (QED) is 0.367. The Morgan fingerprint density at radius 2 is 1.81 bits per heavy atom. The molecule has 2 unspecified atom stereocenters. The highest BCUT2D eigenvalue weighted by Crippen LogP contribution is 2.55. The van der Waals surface area contributed by atoms with Crippen LogP contribution in [0.5, 0.6) is 0 Å². The molecule has 1 saturated carbocycles. The molecular formula is C25H34N2O4. The molecule has 0 bridgehead atoms. The molecule has 31 heavy (non-hydrogen) atoms. The molecule has 3 aliphatic rings. The second-order valence-electron chi connectivity index (χ2n) is 9.87. The highest BCUT2D eigenvalue weighted by atomic mass is 16.6. The van der Waals surface area contributed by atoms with Gasteiger partial charge in [0.15, 0.2) is 6.23 Å². The summed E-state index contributed by atoms with van der Waals surface area (Å²) in [5.74, 6) is 0.114. The molecule has 3 atom stereocenters. The highest BCUT2D eigenvalue weighted by molar-refractivity contribution is 6.21. The summed E-state index contributed by atoms with van der Waals surface area (Å²) in [6.07, 6.45) is 5.97. The Morgan fingerprint density at radius 1 is 1.16 bits per heavy atom. The van der Waals surface area contributed by atoms with Crippen molar-refractivity contribution in [3.05, 3.63) is 35.4 Å². The van der Waals surface area contributed by atoms with Gasteiger partial charge in [-0.15, -0.1) is 0 Å². The molecule has 1 aliphatic carbocycles. The molecule has 2 aliphatic heterocycles. The zero-order valence-electron chi connectivity index (χ0n) is 18.9. The summed E-state index contributed by atoms with van der Waals surface area (Å²) in [6, 6.07) is 7.03. The maximum atomic E-state index is 12.6. The number of rotatable bonds is 9. The number of hydrogen-bond acceptors (Lipinski definition) is 5. The van der Waals surface area contributed by atoms with E-state index in [1.54, 1.807) is 24.3 Å². The van der Waals surface area contributed by atoms with Gasteiger partial charge in [-0.2, -0.15) is 0 Å². The average molecular weight is 427 g/mol. The van der Waals surface area contributed by atoms with Crippen molar-refractivity contribution in [3.63, 3.8) is 0 Å². The Balaban J connectivity index is 1.27. The molecule has 2 fully saturated rings. The number of nitrogens with zero attached hydrogens (tertiary/aromatic N) is 1. The van der Waals surface area contributed by atoms with E-state index < -0.39 is 0 Å². The summed E-state index contributed by atoms with van der Waals surface area (Å²) in [6.45, 7) is 7.54. The van der Waals surface area contributed by atoms with Crippen molar-refractivity contribution in [1.82, 2.24) is 10.2 Å². The molecule has 1 N–H and O–H groups in total. The standard InChI is InChI=1S/C25H34N2O4/c1-4-5-6-9-16(2)23(30)31-24-25(15-26-24)12-18(13-25)17(3)14-27-21(28)19-10-7-8-11-20(19)22(27)29/h7-8,10-11,16-18,24,26H,4-6,9,12-15H2,1-3H3/t16?,17-,18?,24?,25?/m1/s1. The smallest absolute Gasteiger partial charge is 0.310 e. The molecule has 2 heterocycles. The van der Waals surface area contributed by atoms with Crippen LogP contribution in [0.2, 0.25) is 0 Å². The van der Waals surface area contributed by atoms with Gasteiger partial charge < -0.3 is 4.74 Å². The second kappa shape index (κ2) is 8.73. The Morgan fingerprint density at radius 3 is 2.35 bits per heavy atom. The predicted molar refractivity (Wildman–Crippen MR) is 117 cm³/mol. The molecule has 1 aromatic carbocycles. The topological polar surface area (TPSA) is 75.7 Å². The first-order chi connectivity index (χ1) is 14.9. The summed E-state index contributed by atoms with van der Waals surface area (Å²) in [5.41, 5.74) is 1.04. The van der Waals surface area contributed by atoms with Crippen LogP contribution in [0.1, 0.15) is 80.0 Å². The molecule has 1 aromatic rings. The fraction of sp³-hybridized carbons (Fsp3) is 0.640.